The maximum absolute atomic E-state index is 4.41. The molecule has 2 unspecified atom stereocenters. The first-order valence-electron chi connectivity index (χ1n) is 7.23. The van der Waals surface area contributed by atoms with Crippen molar-refractivity contribution < 1.29 is 0 Å². The lowest BCUT2D eigenvalue weighted by atomic mass is 9.90. The van der Waals surface area contributed by atoms with Gasteiger partial charge in [-0.1, -0.05) is 12.2 Å². The van der Waals surface area contributed by atoms with Crippen LogP contribution in [0.3, 0.4) is 0 Å². The van der Waals surface area contributed by atoms with E-state index in [0.29, 0.717) is 6.04 Å². The summed E-state index contributed by atoms with van der Waals surface area (Å²) in [7, 11) is 2.06. The number of hydrogen-bond acceptors (Lipinski definition) is 2. The second-order valence-electron chi connectivity index (χ2n) is 5.67. The third kappa shape index (κ3) is 2.37. The van der Waals surface area contributed by atoms with Gasteiger partial charge in [0.2, 0.25) is 0 Å². The molecule has 0 saturated heterocycles. The van der Waals surface area contributed by atoms with Gasteiger partial charge in [-0.25, -0.2) is 0 Å². The average Bonchev–Trinajstić information content (AvgIpc) is 2.80. The highest BCUT2D eigenvalue weighted by Gasteiger charge is 2.23. The van der Waals surface area contributed by atoms with Crippen LogP contribution in [-0.4, -0.2) is 16.3 Å². The van der Waals surface area contributed by atoms with Gasteiger partial charge in [0.25, 0.3) is 0 Å². The first-order valence-corrected chi connectivity index (χ1v) is 7.23. The molecule has 0 spiro atoms. The minimum atomic E-state index is 0.536. The van der Waals surface area contributed by atoms with Gasteiger partial charge in [0.1, 0.15) is 0 Å². The highest BCUT2D eigenvalue weighted by Crippen LogP contribution is 2.29. The van der Waals surface area contributed by atoms with Crippen LogP contribution < -0.4 is 5.32 Å². The van der Waals surface area contributed by atoms with E-state index in [0.717, 1.165) is 12.5 Å². The average molecular weight is 245 g/mol. The third-order valence-corrected chi connectivity index (χ3v) is 4.41. The summed E-state index contributed by atoms with van der Waals surface area (Å²) in [6.45, 7) is 1.16. The molecule has 1 aromatic heterocycles. The molecule has 18 heavy (non-hydrogen) atoms. The van der Waals surface area contributed by atoms with Crippen molar-refractivity contribution in [2.45, 2.75) is 44.6 Å². The molecule has 0 aliphatic heterocycles. The molecule has 1 N–H and O–H groups in total. The molecule has 3 heteroatoms. The Morgan fingerprint density at radius 2 is 2.33 bits per heavy atom. The van der Waals surface area contributed by atoms with Crippen molar-refractivity contribution in [3.05, 3.63) is 29.6 Å². The number of hydrogen-bond donors (Lipinski definition) is 1. The Balaban J connectivity index is 1.62. The van der Waals surface area contributed by atoms with Gasteiger partial charge in [0, 0.05) is 24.3 Å². The van der Waals surface area contributed by atoms with Crippen molar-refractivity contribution >= 4 is 0 Å². The lowest BCUT2D eigenvalue weighted by molar-refractivity contribution is 0.380. The molecule has 2 atom stereocenters. The molecule has 3 nitrogen and oxygen atoms in total. The summed E-state index contributed by atoms with van der Waals surface area (Å²) >= 11 is 0. The van der Waals surface area contributed by atoms with Crippen LogP contribution in [0.4, 0.5) is 0 Å². The number of allylic oxidation sites excluding steroid dienone is 2. The predicted octanol–water partition coefficient (Wildman–Crippen LogP) is 2.74. The quantitative estimate of drug-likeness (QED) is 0.830. The monoisotopic (exact) mass is 245 g/mol. The molecular weight excluding hydrogens is 222 g/mol. The van der Waals surface area contributed by atoms with Crippen LogP contribution in [0, 0.1) is 5.92 Å². The summed E-state index contributed by atoms with van der Waals surface area (Å²) in [4.78, 5) is 0. The largest absolute Gasteiger partial charge is 0.310 e. The minimum absolute atomic E-state index is 0.536. The molecule has 2 aliphatic carbocycles. The predicted molar refractivity (Wildman–Crippen MR) is 73.4 cm³/mol. The fraction of sp³-hybridized carbons (Fsp3) is 0.667. The first-order chi connectivity index (χ1) is 8.84. The van der Waals surface area contributed by atoms with Gasteiger partial charge in [-0.05, 0) is 51.0 Å². The molecule has 0 amide bonds. The number of aromatic nitrogens is 2. The van der Waals surface area contributed by atoms with Crippen LogP contribution >= 0.6 is 0 Å². The number of rotatable bonds is 3. The Kier molecular flexibility index (Phi) is 3.50. The third-order valence-electron chi connectivity index (χ3n) is 4.41. The number of nitrogens with one attached hydrogen (secondary N) is 1. The van der Waals surface area contributed by atoms with E-state index in [1.807, 2.05) is 4.68 Å². The van der Waals surface area contributed by atoms with Crippen LogP contribution in [0.15, 0.2) is 18.3 Å². The second-order valence-corrected chi connectivity index (χ2v) is 5.67. The van der Waals surface area contributed by atoms with Gasteiger partial charge in [0.15, 0.2) is 0 Å². The van der Waals surface area contributed by atoms with E-state index >= 15 is 0 Å². The van der Waals surface area contributed by atoms with E-state index in [-0.39, 0.29) is 0 Å². The zero-order valence-electron chi connectivity index (χ0n) is 11.2. The zero-order chi connectivity index (χ0) is 12.4. The second kappa shape index (κ2) is 5.27. The smallest absolute Gasteiger partial charge is 0.0540 e. The maximum atomic E-state index is 4.41. The normalized spacial score (nSPS) is 27.2. The van der Waals surface area contributed by atoms with Gasteiger partial charge in [-0.15, -0.1) is 0 Å². The Morgan fingerprint density at radius 3 is 3.17 bits per heavy atom. The highest BCUT2D eigenvalue weighted by atomic mass is 15.3. The first kappa shape index (κ1) is 12.0. The molecule has 0 fully saturated rings. The van der Waals surface area contributed by atoms with Crippen LogP contribution in [-0.2, 0) is 13.5 Å². The fourth-order valence-corrected chi connectivity index (χ4v) is 3.27. The molecule has 0 bridgehead atoms. The molecule has 98 valence electrons. The SMILES string of the molecule is Cn1ncc2c1CCCC2NCC1CC=CCC1. The van der Waals surface area contributed by atoms with E-state index in [2.05, 4.69) is 35.8 Å². The van der Waals surface area contributed by atoms with Crippen molar-refractivity contribution in [2.24, 2.45) is 13.0 Å². The van der Waals surface area contributed by atoms with Crippen molar-refractivity contribution in [1.82, 2.24) is 15.1 Å². The van der Waals surface area contributed by atoms with E-state index in [4.69, 9.17) is 0 Å². The molecule has 3 rings (SSSR count). The number of aryl methyl sites for hydroxylation is 1. The molecule has 1 aromatic rings. The summed E-state index contributed by atoms with van der Waals surface area (Å²) < 4.78 is 2.05. The van der Waals surface area contributed by atoms with Gasteiger partial charge in [-0.2, -0.15) is 5.10 Å². The van der Waals surface area contributed by atoms with Crippen LogP contribution in [0.5, 0.6) is 0 Å². The molecule has 2 aliphatic rings. The Bertz CT molecular complexity index is 433. The summed E-state index contributed by atoms with van der Waals surface area (Å²) in [5.41, 5.74) is 2.87. The van der Waals surface area contributed by atoms with Gasteiger partial charge in [0.05, 0.1) is 6.20 Å². The Morgan fingerprint density at radius 1 is 1.39 bits per heavy atom. The summed E-state index contributed by atoms with van der Waals surface area (Å²) in [6.07, 6.45) is 14.3. The van der Waals surface area contributed by atoms with Crippen LogP contribution in [0.2, 0.25) is 0 Å². The molecule has 1 heterocycles. The maximum Gasteiger partial charge on any atom is 0.0540 e. The van der Waals surface area contributed by atoms with Crippen LogP contribution in [0.25, 0.3) is 0 Å². The van der Waals surface area contributed by atoms with E-state index in [1.165, 1.54) is 49.8 Å². The van der Waals surface area contributed by atoms with Crippen molar-refractivity contribution in [2.75, 3.05) is 6.54 Å². The molecule has 0 saturated carbocycles. The van der Waals surface area contributed by atoms with Crippen LogP contribution in [0.1, 0.15) is 49.4 Å². The lowest BCUT2D eigenvalue weighted by Gasteiger charge is -2.27. The Labute approximate surface area is 109 Å². The minimum Gasteiger partial charge on any atom is -0.310 e. The van der Waals surface area contributed by atoms with Crippen molar-refractivity contribution in [3.63, 3.8) is 0 Å². The van der Waals surface area contributed by atoms with E-state index in [1.54, 1.807) is 0 Å². The number of fused-ring (bicyclic) bond motifs is 1. The zero-order valence-corrected chi connectivity index (χ0v) is 11.2. The fourth-order valence-electron chi connectivity index (χ4n) is 3.27. The van der Waals surface area contributed by atoms with E-state index in [9.17, 15) is 0 Å². The summed E-state index contributed by atoms with van der Waals surface area (Å²) in [5, 5.41) is 8.18. The topological polar surface area (TPSA) is 29.9 Å². The van der Waals surface area contributed by atoms with Gasteiger partial charge < -0.3 is 5.32 Å². The van der Waals surface area contributed by atoms with E-state index < -0.39 is 0 Å². The Hall–Kier alpha value is -1.09. The van der Waals surface area contributed by atoms with Gasteiger partial charge in [-0.3, -0.25) is 4.68 Å². The standard InChI is InChI=1S/C15H23N3/c1-18-15-9-5-8-14(13(15)11-17-18)16-10-12-6-3-2-4-7-12/h2-3,11-12,14,16H,4-10H2,1H3. The number of nitrogens with zero attached hydrogens (tertiary/aromatic N) is 2. The highest BCUT2D eigenvalue weighted by molar-refractivity contribution is 5.24. The summed E-state index contributed by atoms with van der Waals surface area (Å²) in [5.74, 6) is 0.831. The molecule has 0 radical (unpaired) electrons. The lowest BCUT2D eigenvalue weighted by Crippen LogP contribution is -2.30. The summed E-state index contributed by atoms with van der Waals surface area (Å²) in [6, 6.07) is 0.536. The van der Waals surface area contributed by atoms with Crippen molar-refractivity contribution in [3.8, 4) is 0 Å². The van der Waals surface area contributed by atoms with Gasteiger partial charge >= 0.3 is 0 Å². The van der Waals surface area contributed by atoms with Crippen molar-refractivity contribution in [1.29, 1.82) is 0 Å². The molecular formula is C15H23N3. The molecule has 0 aromatic carbocycles.